The summed E-state index contributed by atoms with van der Waals surface area (Å²) in [6.07, 6.45) is 0. The van der Waals surface area contributed by atoms with Crippen molar-refractivity contribution in [3.05, 3.63) is 30.2 Å². The number of carbonyl (C=O) groups is 3. The number of fused-ring (bicyclic) bond motifs is 1. The van der Waals surface area contributed by atoms with Crippen molar-refractivity contribution in [2.45, 2.75) is 43.4 Å². The molecule has 2 aliphatic rings. The molecule has 0 bridgehead atoms. The van der Waals surface area contributed by atoms with E-state index >= 15 is 0 Å². The number of β-lactam (4-membered cyclic amide) rings is 1. The second kappa shape index (κ2) is 7.19. The molecule has 26 heavy (non-hydrogen) atoms. The molecule has 3 N–H and O–H groups in total. The van der Waals surface area contributed by atoms with Crippen LogP contribution < -0.4 is 10.5 Å². The summed E-state index contributed by atoms with van der Waals surface area (Å²) in [6, 6.07) is -3.32. The lowest BCUT2D eigenvalue weighted by molar-refractivity contribution is -0.169. The minimum atomic E-state index is -1.23. The molecule has 2 amide bonds. The summed E-state index contributed by atoms with van der Waals surface area (Å²) in [5.41, 5.74) is 4.83. The number of carbonyl (C=O) groups excluding carboxylic acids is 2. The van der Waals surface area contributed by atoms with Gasteiger partial charge in [0, 0.05) is 6.12 Å². The number of benzene rings is 1. The molecule has 3 rings (SSSR count). The first-order chi connectivity index (χ1) is 15.0. The van der Waals surface area contributed by atoms with E-state index in [1.807, 2.05) is 13.8 Å². The standard InChI is InChI=1S/C10H15NO3S.C8H9NO2/c1-5-7(12)11-6(8(13)14)9(2,3)15-10(5,11)4;9-8(10)6-11-7-4-2-1-3-5-7/h5-6H,1-4H3,(H,13,14);1-5H,6H2,(H2,9,10)/t5-,6?,10+;/m0./s1/i5D;1D,2D,3D,4D,5D/hD. The fourth-order valence-corrected chi connectivity index (χ4v) is 4.78. The number of carboxylic acid groups (broad SMARTS) is 1. The normalized spacial score (nSPS) is 34.8. The van der Waals surface area contributed by atoms with Crippen LogP contribution in [0.15, 0.2) is 30.2 Å². The molecule has 2 heterocycles. The molecule has 142 valence electrons. The zero-order valence-electron chi connectivity index (χ0n) is 21.8. The number of hydrogen-bond acceptors (Lipinski definition) is 6. The zero-order valence-corrected chi connectivity index (χ0v) is 15.6. The average Bonchev–Trinajstić information content (AvgIpc) is 2.94. The van der Waals surface area contributed by atoms with Crippen molar-refractivity contribution in [2.24, 2.45) is 11.6 Å². The van der Waals surface area contributed by atoms with Crippen LogP contribution in [0, 0.1) is 5.89 Å². The van der Waals surface area contributed by atoms with E-state index in [0.717, 1.165) is 0 Å². The maximum absolute atomic E-state index is 11.9. The van der Waals surface area contributed by atoms with Crippen LogP contribution in [0.4, 0.5) is 0 Å². The van der Waals surface area contributed by atoms with Gasteiger partial charge in [-0.15, -0.1) is 11.8 Å². The third kappa shape index (κ3) is 3.65. The van der Waals surface area contributed by atoms with Gasteiger partial charge >= 0.3 is 5.97 Å². The molecule has 7 nitrogen and oxygen atoms in total. The monoisotopic (exact) mass is 387 g/mol. The summed E-state index contributed by atoms with van der Waals surface area (Å²) in [6.45, 7) is 6.46. The van der Waals surface area contributed by atoms with Crippen LogP contribution in [0.1, 0.15) is 35.9 Å². The third-order valence-electron chi connectivity index (χ3n) is 4.13. The number of thioether (sulfide) groups is 1. The van der Waals surface area contributed by atoms with Crippen molar-refractivity contribution >= 4 is 29.5 Å². The first-order valence-corrected chi connectivity index (χ1v) is 8.46. The number of aliphatic carboxylic acids is 1. The molecule has 0 radical (unpaired) electrons. The van der Waals surface area contributed by atoms with E-state index in [-0.39, 0.29) is 11.7 Å². The quantitative estimate of drug-likeness (QED) is 0.761. The summed E-state index contributed by atoms with van der Waals surface area (Å²) in [4.78, 5) is 34.7. The molecular formula is C18H24N2O5S. The predicted molar refractivity (Wildman–Crippen MR) is 98.6 cm³/mol. The van der Waals surface area contributed by atoms with Crippen LogP contribution in [0.5, 0.6) is 5.75 Å². The van der Waals surface area contributed by atoms with E-state index in [9.17, 15) is 14.4 Å². The highest BCUT2D eigenvalue weighted by atomic mass is 32.2. The number of amides is 2. The molecule has 2 fully saturated rings. The lowest BCUT2D eigenvalue weighted by atomic mass is 9.85. The molecule has 2 aliphatic heterocycles. The first-order valence-electron chi connectivity index (χ1n) is 11.1. The molecule has 3 atom stereocenters. The maximum Gasteiger partial charge on any atom is 0.327 e. The lowest BCUT2D eigenvalue weighted by Gasteiger charge is -2.50. The summed E-state index contributed by atoms with van der Waals surface area (Å²) < 4.78 is 55.8. The van der Waals surface area contributed by atoms with Crippen LogP contribution in [0.2, 0.25) is 0 Å². The summed E-state index contributed by atoms with van der Waals surface area (Å²) in [7, 11) is 0. The largest absolute Gasteiger partial charge is 0.484 e. The van der Waals surface area contributed by atoms with E-state index in [2.05, 4.69) is 5.11 Å². The molecule has 0 aliphatic carbocycles. The molecule has 1 aromatic rings. The Kier molecular flexibility index (Phi) is 3.38. The minimum Gasteiger partial charge on any atom is -0.484 e. The Morgan fingerprint density at radius 2 is 2.04 bits per heavy atom. The fourth-order valence-electron chi connectivity index (χ4n) is 2.91. The van der Waals surface area contributed by atoms with Gasteiger partial charge in [-0.05, 0) is 32.9 Å². The highest BCUT2D eigenvalue weighted by molar-refractivity contribution is 8.02. The molecule has 1 unspecified atom stereocenters. The molecule has 0 aromatic heterocycles. The van der Waals surface area contributed by atoms with Gasteiger partial charge in [0.1, 0.15) is 11.8 Å². The second-order valence-electron chi connectivity index (χ2n) is 6.42. The fraction of sp³-hybridized carbons (Fsp3) is 0.500. The molecule has 8 heteroatoms. The van der Waals surface area contributed by atoms with Gasteiger partial charge < -0.3 is 20.5 Å². The Hall–Kier alpha value is -2.22. The van der Waals surface area contributed by atoms with Gasteiger partial charge in [-0.2, -0.15) is 0 Å². The minimum absolute atomic E-state index is 0.371. The maximum atomic E-state index is 11.9. The highest BCUT2D eigenvalue weighted by Crippen LogP contribution is 2.60. The molecular weight excluding hydrogens is 356 g/mol. The first kappa shape index (κ1) is 12.2. The smallest absolute Gasteiger partial charge is 0.327 e. The van der Waals surface area contributed by atoms with Crippen molar-refractivity contribution in [1.29, 1.82) is 1.43 Å². The van der Waals surface area contributed by atoms with Crippen molar-refractivity contribution in [2.75, 3.05) is 6.61 Å². The van der Waals surface area contributed by atoms with Crippen molar-refractivity contribution in [3.63, 3.8) is 0 Å². The van der Waals surface area contributed by atoms with Gasteiger partial charge in [0.25, 0.3) is 7.34 Å². The second-order valence-corrected chi connectivity index (χ2v) is 8.47. The third-order valence-corrected chi connectivity index (χ3v) is 5.78. The highest BCUT2D eigenvalue weighted by Gasteiger charge is 2.69. The van der Waals surface area contributed by atoms with Crippen LogP contribution in [-0.4, -0.2) is 50.1 Å². The van der Waals surface area contributed by atoms with E-state index in [0.29, 0.717) is 0 Å². The SMILES string of the molecule is [2H]OC(=O)C1N2C(=O)[C@]([2H])(C)[C@@]2(C)SC1(C)C.[2H]c1c([2H])c([2H])c(OCC(N)=O)c([2H])c1[2H]. The number of carboxylic acids is 1. The van der Waals surface area contributed by atoms with Crippen molar-refractivity contribution in [1.82, 2.24) is 4.90 Å². The number of para-hydroxylation sites is 1. The van der Waals surface area contributed by atoms with Crippen molar-refractivity contribution in [3.8, 4) is 5.75 Å². The van der Waals surface area contributed by atoms with E-state index in [4.69, 9.17) is 20.1 Å². The number of nitrogens with zero attached hydrogens (tertiary/aromatic N) is 1. The predicted octanol–water partition coefficient (Wildman–Crippen LogP) is 1.71. The van der Waals surface area contributed by atoms with Gasteiger partial charge in [-0.3, -0.25) is 9.59 Å². The van der Waals surface area contributed by atoms with E-state index < -0.39 is 70.2 Å². The molecule has 0 spiro atoms. The van der Waals surface area contributed by atoms with E-state index in [1.165, 1.54) is 16.7 Å². The number of nitrogens with two attached hydrogens (primary N) is 1. The number of rotatable bonds is 4. The lowest BCUT2D eigenvalue weighted by Crippen LogP contribution is -2.67. The van der Waals surface area contributed by atoms with Gasteiger partial charge in [0.05, 0.1) is 17.6 Å². The summed E-state index contributed by atoms with van der Waals surface area (Å²) in [5.74, 6) is -3.51. The number of hydrogen-bond donors (Lipinski definition) is 2. The topological polar surface area (TPSA) is 110 Å². The summed E-state index contributed by atoms with van der Waals surface area (Å²) in [5, 5.41) is 4.03. The summed E-state index contributed by atoms with van der Waals surface area (Å²) >= 11 is 1.42. The van der Waals surface area contributed by atoms with E-state index in [1.54, 1.807) is 13.8 Å². The number of primary amides is 1. The Labute approximate surface area is 166 Å². The van der Waals surface area contributed by atoms with Crippen LogP contribution in [0.3, 0.4) is 0 Å². The number of ether oxygens (including phenoxy) is 1. The van der Waals surface area contributed by atoms with Gasteiger partial charge in [0.2, 0.25) is 5.91 Å². The van der Waals surface area contributed by atoms with Gasteiger partial charge in [-0.25, -0.2) is 4.79 Å². The average molecular weight is 388 g/mol. The Bertz CT molecular complexity index is 993. The Balaban J connectivity index is 0.000000234. The molecule has 0 saturated carbocycles. The van der Waals surface area contributed by atoms with Gasteiger partial charge in [0.15, 0.2) is 6.61 Å². The Morgan fingerprint density at radius 1 is 1.42 bits per heavy atom. The van der Waals surface area contributed by atoms with Crippen LogP contribution in [0.25, 0.3) is 1.43 Å². The van der Waals surface area contributed by atoms with Crippen LogP contribution >= 0.6 is 11.8 Å². The molecule has 2 saturated heterocycles. The van der Waals surface area contributed by atoms with Gasteiger partial charge in [-0.1, -0.05) is 25.1 Å². The zero-order chi connectivity index (χ0) is 25.7. The Morgan fingerprint density at radius 3 is 2.58 bits per heavy atom. The molecule has 1 aromatic carbocycles. The van der Waals surface area contributed by atoms with Crippen LogP contribution in [-0.2, 0) is 14.4 Å². The van der Waals surface area contributed by atoms with Crippen molar-refractivity contribution < 1.29 is 32.5 Å².